The van der Waals surface area contributed by atoms with Crippen molar-refractivity contribution in [3.05, 3.63) is 101 Å². The third-order valence-corrected chi connectivity index (χ3v) is 9.50. The van der Waals surface area contributed by atoms with Gasteiger partial charge in [0.2, 0.25) is 5.91 Å². The van der Waals surface area contributed by atoms with Gasteiger partial charge in [0.05, 0.1) is 6.04 Å². The molecule has 1 aliphatic heterocycles. The van der Waals surface area contributed by atoms with Gasteiger partial charge in [0, 0.05) is 24.2 Å². The lowest BCUT2D eigenvalue weighted by Gasteiger charge is -2.46. The van der Waals surface area contributed by atoms with Crippen molar-refractivity contribution in [2.24, 2.45) is 11.8 Å². The highest BCUT2D eigenvalue weighted by atomic mass is 16.3. The molecule has 3 amide bonds. The van der Waals surface area contributed by atoms with Crippen molar-refractivity contribution in [3.63, 3.8) is 0 Å². The first-order valence-corrected chi connectivity index (χ1v) is 15.7. The van der Waals surface area contributed by atoms with Crippen molar-refractivity contribution in [2.45, 2.75) is 77.1 Å². The molecule has 8 heteroatoms. The second-order valence-electron chi connectivity index (χ2n) is 12.4. The van der Waals surface area contributed by atoms with E-state index >= 15 is 0 Å². The zero-order valence-electron chi connectivity index (χ0n) is 25.5. The van der Waals surface area contributed by atoms with E-state index in [1.165, 1.54) is 6.07 Å². The molecule has 44 heavy (non-hydrogen) atoms. The number of nitrogens with one attached hydrogen (secondary N) is 2. The fraction of sp³-hybridized carbons (Fsp3) is 0.417. The summed E-state index contributed by atoms with van der Waals surface area (Å²) in [6, 6.07) is 20.3. The number of amides is 3. The molecule has 5 atom stereocenters. The highest BCUT2D eigenvalue weighted by Gasteiger charge is 2.44. The molecule has 1 unspecified atom stereocenters. The lowest BCUT2D eigenvalue weighted by molar-refractivity contribution is -0.153. The molecule has 0 spiro atoms. The predicted octanol–water partition coefficient (Wildman–Crippen LogP) is 4.43. The Labute approximate surface area is 259 Å². The molecule has 5 rings (SSSR count). The number of aryl methyl sites for hydroxylation is 1. The zero-order chi connectivity index (χ0) is 31.2. The Morgan fingerprint density at radius 1 is 0.909 bits per heavy atom. The first-order chi connectivity index (χ1) is 21.2. The number of aliphatic hydroxyl groups excluding tert-OH is 1. The molecule has 1 heterocycles. The van der Waals surface area contributed by atoms with Crippen LogP contribution in [0.15, 0.2) is 72.8 Å². The van der Waals surface area contributed by atoms with Gasteiger partial charge < -0.3 is 25.7 Å². The minimum atomic E-state index is -1.58. The molecule has 0 aromatic heterocycles. The van der Waals surface area contributed by atoms with Gasteiger partial charge in [-0.15, -0.1) is 0 Å². The van der Waals surface area contributed by atoms with Crippen molar-refractivity contribution in [2.75, 3.05) is 6.54 Å². The van der Waals surface area contributed by atoms with Crippen molar-refractivity contribution in [1.82, 2.24) is 15.5 Å². The number of benzene rings is 3. The molecule has 2 aliphatic rings. The largest absolute Gasteiger partial charge is 0.508 e. The molecule has 3 aromatic rings. The quantitative estimate of drug-likeness (QED) is 0.291. The first kappa shape index (κ1) is 31.3. The fourth-order valence-electron chi connectivity index (χ4n) is 6.80. The van der Waals surface area contributed by atoms with Crippen molar-refractivity contribution in [3.8, 4) is 5.75 Å². The van der Waals surface area contributed by atoms with E-state index in [0.29, 0.717) is 31.0 Å². The number of phenolic OH excluding ortho intramolecular Hbond substituents is 1. The Hall–Kier alpha value is -4.17. The minimum absolute atomic E-state index is 0.0104. The molecule has 232 valence electrons. The maximum absolute atomic E-state index is 14.2. The van der Waals surface area contributed by atoms with Gasteiger partial charge in [0.25, 0.3) is 11.8 Å². The minimum Gasteiger partial charge on any atom is -0.508 e. The Morgan fingerprint density at radius 3 is 2.36 bits per heavy atom. The number of aromatic hydroxyl groups is 1. The topological polar surface area (TPSA) is 119 Å². The average Bonchev–Trinajstić information content (AvgIpc) is 3.04. The number of likely N-dealkylation sites (tertiary alicyclic amines) is 1. The lowest BCUT2D eigenvalue weighted by atomic mass is 9.72. The van der Waals surface area contributed by atoms with E-state index in [4.69, 9.17) is 0 Å². The number of piperidine rings is 1. The van der Waals surface area contributed by atoms with Crippen LogP contribution in [0.2, 0.25) is 0 Å². The van der Waals surface area contributed by atoms with E-state index in [1.54, 1.807) is 24.0 Å². The van der Waals surface area contributed by atoms with Gasteiger partial charge in [-0.2, -0.15) is 0 Å². The summed E-state index contributed by atoms with van der Waals surface area (Å²) in [7, 11) is 0. The summed E-state index contributed by atoms with van der Waals surface area (Å²) in [6.45, 7) is 4.41. The molecule has 1 saturated carbocycles. The molecule has 2 fully saturated rings. The highest BCUT2D eigenvalue weighted by Crippen LogP contribution is 2.39. The molecular weight excluding hydrogens is 554 g/mol. The first-order valence-electron chi connectivity index (χ1n) is 15.7. The fourth-order valence-corrected chi connectivity index (χ4v) is 6.80. The third kappa shape index (κ3) is 7.13. The molecule has 3 aromatic carbocycles. The number of aliphatic hydroxyl groups is 1. The van der Waals surface area contributed by atoms with Gasteiger partial charge in [-0.3, -0.25) is 14.4 Å². The monoisotopic (exact) mass is 597 g/mol. The molecule has 0 bridgehead atoms. The van der Waals surface area contributed by atoms with Crippen LogP contribution in [-0.2, 0) is 22.6 Å². The van der Waals surface area contributed by atoms with Crippen LogP contribution in [0, 0.1) is 25.7 Å². The van der Waals surface area contributed by atoms with Gasteiger partial charge in [-0.25, -0.2) is 0 Å². The number of phenols is 1. The lowest BCUT2D eigenvalue weighted by Crippen LogP contribution is -2.61. The van der Waals surface area contributed by atoms with E-state index in [0.717, 1.165) is 42.4 Å². The summed E-state index contributed by atoms with van der Waals surface area (Å²) in [6.07, 6.45) is 3.42. The van der Waals surface area contributed by atoms with Crippen molar-refractivity contribution >= 4 is 17.7 Å². The van der Waals surface area contributed by atoms with Crippen LogP contribution in [0.25, 0.3) is 0 Å². The second-order valence-corrected chi connectivity index (χ2v) is 12.4. The Kier molecular flexibility index (Phi) is 10.0. The van der Waals surface area contributed by atoms with Gasteiger partial charge in [0.15, 0.2) is 6.10 Å². The summed E-state index contributed by atoms with van der Waals surface area (Å²) in [5, 5.41) is 27.8. The van der Waals surface area contributed by atoms with Gasteiger partial charge in [-0.1, -0.05) is 79.9 Å². The normalized spacial score (nSPS) is 21.1. The predicted molar refractivity (Wildman–Crippen MR) is 169 cm³/mol. The Bertz CT molecular complexity index is 1480. The number of carbonyl (C=O) groups is 3. The van der Waals surface area contributed by atoms with Crippen LogP contribution in [0.4, 0.5) is 0 Å². The summed E-state index contributed by atoms with van der Waals surface area (Å²) >= 11 is 0. The van der Waals surface area contributed by atoms with E-state index in [2.05, 4.69) is 10.6 Å². The number of nitrogens with zero attached hydrogens (tertiary/aromatic N) is 1. The SMILES string of the molecule is Cc1ccccc1CNC(=O)[C@@H]1C[C@@H]2CCCC[C@@H]2CN1C(=O)[C@@H](O)C(Cc1ccccc1)NC(=O)c1cccc(O)c1C. The summed E-state index contributed by atoms with van der Waals surface area (Å²) in [4.78, 5) is 42.9. The number of hydrogen-bond acceptors (Lipinski definition) is 5. The van der Waals surface area contributed by atoms with Crippen LogP contribution in [0.5, 0.6) is 5.75 Å². The van der Waals surface area contributed by atoms with E-state index in [-0.39, 0.29) is 29.6 Å². The highest BCUT2D eigenvalue weighted by molar-refractivity contribution is 5.97. The van der Waals surface area contributed by atoms with Crippen LogP contribution in [0.3, 0.4) is 0 Å². The third-order valence-electron chi connectivity index (χ3n) is 9.50. The van der Waals surface area contributed by atoms with Crippen LogP contribution >= 0.6 is 0 Å². The molecule has 8 nitrogen and oxygen atoms in total. The Morgan fingerprint density at radius 2 is 1.61 bits per heavy atom. The molecule has 4 N–H and O–H groups in total. The smallest absolute Gasteiger partial charge is 0.254 e. The second kappa shape index (κ2) is 14.1. The summed E-state index contributed by atoms with van der Waals surface area (Å²) in [5.41, 5.74) is 3.61. The summed E-state index contributed by atoms with van der Waals surface area (Å²) in [5.74, 6) is -0.658. The maximum atomic E-state index is 14.2. The van der Waals surface area contributed by atoms with Crippen LogP contribution in [-0.4, -0.2) is 57.6 Å². The van der Waals surface area contributed by atoms with E-state index in [1.807, 2.05) is 61.5 Å². The molecule has 1 saturated heterocycles. The standard InChI is InChI=1S/C36H43N3O5/c1-23-11-6-7-15-27(23)21-37-35(43)31-20-26-14-8-9-16-28(26)22-39(31)36(44)33(41)30(19-25-12-4-3-5-13-25)38-34(42)29-17-10-18-32(40)24(29)2/h3-7,10-13,15,17-18,26,28,30-31,33,40-41H,8-9,14,16,19-22H2,1-2H3,(H,37,43)(H,38,42)/t26-,28+,30?,31-,33-/m0/s1. The van der Waals surface area contributed by atoms with Gasteiger partial charge >= 0.3 is 0 Å². The molecule has 0 radical (unpaired) electrons. The van der Waals surface area contributed by atoms with Crippen molar-refractivity contribution < 1.29 is 24.6 Å². The maximum Gasteiger partial charge on any atom is 0.254 e. The van der Waals surface area contributed by atoms with Crippen molar-refractivity contribution in [1.29, 1.82) is 0 Å². The molecular formula is C36H43N3O5. The zero-order valence-corrected chi connectivity index (χ0v) is 25.5. The number of rotatable bonds is 9. The van der Waals surface area contributed by atoms with Crippen LogP contribution < -0.4 is 10.6 Å². The molecule has 1 aliphatic carbocycles. The number of fused-ring (bicyclic) bond motifs is 1. The number of carbonyl (C=O) groups excluding carboxylic acids is 3. The summed E-state index contributed by atoms with van der Waals surface area (Å²) < 4.78 is 0. The van der Waals surface area contributed by atoms with E-state index < -0.39 is 30.0 Å². The van der Waals surface area contributed by atoms with E-state index in [9.17, 15) is 24.6 Å². The van der Waals surface area contributed by atoms with Gasteiger partial charge in [0.1, 0.15) is 11.8 Å². The van der Waals surface area contributed by atoms with Crippen LogP contribution in [0.1, 0.15) is 64.7 Å². The Balaban J connectivity index is 1.39. The number of hydrogen-bond donors (Lipinski definition) is 4. The van der Waals surface area contributed by atoms with Gasteiger partial charge in [-0.05, 0) is 73.8 Å². The average molecular weight is 598 g/mol.